The normalized spacial score (nSPS) is 20.6. The predicted octanol–water partition coefficient (Wildman–Crippen LogP) is 4.08. The average Bonchev–Trinajstić information content (AvgIpc) is 3.45. The zero-order chi connectivity index (χ0) is 22.8. The zero-order valence-corrected chi connectivity index (χ0v) is 19.2. The van der Waals surface area contributed by atoms with E-state index in [9.17, 15) is 9.59 Å². The number of rotatable bonds is 6. The molecule has 2 aliphatic rings. The van der Waals surface area contributed by atoms with Gasteiger partial charge in [0, 0.05) is 25.6 Å². The van der Waals surface area contributed by atoms with Crippen LogP contribution in [0.25, 0.3) is 0 Å². The maximum absolute atomic E-state index is 13.4. The standard InChI is InChI=1S/C24H27ClN2O5/c1-30-17-8-6-15(7-9-17)19-5-4-10-26(19)24(29)16-11-23(28)27(14-16)20-12-18(25)21(31-2)13-22(20)32-3/h6-9,12-13,16,19H,4-5,10-11,14H2,1-3H3/t16-,19-/m0/s1. The van der Waals surface area contributed by atoms with Gasteiger partial charge in [-0.05, 0) is 36.6 Å². The van der Waals surface area contributed by atoms with Crippen molar-refractivity contribution in [3.05, 3.63) is 47.0 Å². The Balaban J connectivity index is 1.53. The van der Waals surface area contributed by atoms with E-state index in [4.69, 9.17) is 25.8 Å². The molecule has 0 aromatic heterocycles. The highest BCUT2D eigenvalue weighted by atomic mass is 35.5. The second-order valence-electron chi connectivity index (χ2n) is 8.03. The number of halogens is 1. The number of anilines is 1. The third-order valence-electron chi connectivity index (χ3n) is 6.25. The quantitative estimate of drug-likeness (QED) is 0.652. The van der Waals surface area contributed by atoms with E-state index < -0.39 is 5.92 Å². The van der Waals surface area contributed by atoms with Gasteiger partial charge in [-0.2, -0.15) is 0 Å². The Kier molecular flexibility index (Phi) is 6.46. The minimum atomic E-state index is -0.410. The van der Waals surface area contributed by atoms with Gasteiger partial charge in [0.25, 0.3) is 0 Å². The lowest BCUT2D eigenvalue weighted by atomic mass is 10.0. The number of likely N-dealkylation sites (tertiary alicyclic amines) is 1. The smallest absolute Gasteiger partial charge is 0.228 e. The summed E-state index contributed by atoms with van der Waals surface area (Å²) in [7, 11) is 4.68. The molecule has 4 rings (SSSR count). The molecular formula is C24H27ClN2O5. The fourth-order valence-electron chi connectivity index (χ4n) is 4.60. The van der Waals surface area contributed by atoms with Crippen LogP contribution in [-0.4, -0.2) is 51.1 Å². The lowest BCUT2D eigenvalue weighted by Crippen LogP contribution is -2.37. The van der Waals surface area contributed by atoms with Gasteiger partial charge >= 0.3 is 0 Å². The van der Waals surface area contributed by atoms with Crippen LogP contribution in [0.2, 0.25) is 5.02 Å². The summed E-state index contributed by atoms with van der Waals surface area (Å²) >= 11 is 6.29. The number of carbonyl (C=O) groups excluding carboxylic acids is 2. The van der Waals surface area contributed by atoms with Crippen molar-refractivity contribution in [3.8, 4) is 17.2 Å². The first kappa shape index (κ1) is 22.3. The minimum Gasteiger partial charge on any atom is -0.497 e. The molecule has 2 aromatic carbocycles. The number of nitrogens with zero attached hydrogens (tertiary/aromatic N) is 2. The lowest BCUT2D eigenvalue weighted by molar-refractivity contribution is -0.136. The van der Waals surface area contributed by atoms with Crippen LogP contribution >= 0.6 is 11.6 Å². The van der Waals surface area contributed by atoms with Crippen LogP contribution in [0.4, 0.5) is 5.69 Å². The van der Waals surface area contributed by atoms with Crippen LogP contribution in [0.5, 0.6) is 17.2 Å². The van der Waals surface area contributed by atoms with Gasteiger partial charge in [0.2, 0.25) is 11.8 Å². The van der Waals surface area contributed by atoms with E-state index in [1.54, 1.807) is 24.1 Å². The number of amides is 2. The van der Waals surface area contributed by atoms with E-state index in [2.05, 4.69) is 0 Å². The van der Waals surface area contributed by atoms with Gasteiger partial charge in [0.15, 0.2) is 0 Å². The summed E-state index contributed by atoms with van der Waals surface area (Å²) in [6, 6.07) is 11.2. The van der Waals surface area contributed by atoms with Crippen molar-refractivity contribution in [1.82, 2.24) is 4.90 Å². The van der Waals surface area contributed by atoms with E-state index >= 15 is 0 Å². The van der Waals surface area contributed by atoms with Crippen molar-refractivity contribution >= 4 is 29.1 Å². The highest BCUT2D eigenvalue weighted by Gasteiger charge is 2.41. The van der Waals surface area contributed by atoms with E-state index in [0.29, 0.717) is 35.3 Å². The fourth-order valence-corrected chi connectivity index (χ4v) is 4.83. The van der Waals surface area contributed by atoms with Crippen LogP contribution in [0, 0.1) is 5.92 Å². The highest BCUT2D eigenvalue weighted by Crippen LogP contribution is 2.41. The Bertz CT molecular complexity index is 1010. The summed E-state index contributed by atoms with van der Waals surface area (Å²) < 4.78 is 15.9. The van der Waals surface area contributed by atoms with Crippen LogP contribution in [0.15, 0.2) is 36.4 Å². The predicted molar refractivity (Wildman–Crippen MR) is 122 cm³/mol. The molecule has 0 spiro atoms. The zero-order valence-electron chi connectivity index (χ0n) is 18.5. The van der Waals surface area contributed by atoms with Crippen LogP contribution in [0.3, 0.4) is 0 Å². The molecule has 0 unspecified atom stereocenters. The van der Waals surface area contributed by atoms with Crippen molar-refractivity contribution in [2.75, 3.05) is 39.3 Å². The molecule has 2 aromatic rings. The molecule has 0 aliphatic carbocycles. The molecule has 32 heavy (non-hydrogen) atoms. The minimum absolute atomic E-state index is 0.0118. The second-order valence-corrected chi connectivity index (χ2v) is 8.43. The van der Waals surface area contributed by atoms with Crippen LogP contribution in [-0.2, 0) is 9.59 Å². The fraction of sp³-hybridized carbons (Fsp3) is 0.417. The number of hydrogen-bond acceptors (Lipinski definition) is 5. The van der Waals surface area contributed by atoms with Gasteiger partial charge in [-0.15, -0.1) is 0 Å². The van der Waals surface area contributed by atoms with Gasteiger partial charge in [0.05, 0.1) is 44.0 Å². The molecule has 7 nitrogen and oxygen atoms in total. The molecule has 0 N–H and O–H groups in total. The molecule has 2 amide bonds. The Morgan fingerprint density at radius 1 is 1.03 bits per heavy atom. The van der Waals surface area contributed by atoms with Crippen molar-refractivity contribution in [3.63, 3.8) is 0 Å². The molecule has 2 atom stereocenters. The summed E-state index contributed by atoms with van der Waals surface area (Å²) in [4.78, 5) is 29.8. The molecule has 2 fully saturated rings. The third-order valence-corrected chi connectivity index (χ3v) is 6.55. The molecule has 2 saturated heterocycles. The number of ether oxygens (including phenoxy) is 3. The maximum Gasteiger partial charge on any atom is 0.228 e. The van der Waals surface area contributed by atoms with Crippen LogP contribution in [0.1, 0.15) is 30.9 Å². The summed E-state index contributed by atoms with van der Waals surface area (Å²) in [6.07, 6.45) is 2.01. The van der Waals surface area contributed by atoms with E-state index in [1.165, 1.54) is 14.2 Å². The van der Waals surface area contributed by atoms with Gasteiger partial charge in [-0.3, -0.25) is 9.59 Å². The number of methoxy groups -OCH3 is 3. The molecule has 170 valence electrons. The Labute approximate surface area is 192 Å². The van der Waals surface area contributed by atoms with E-state index in [0.717, 1.165) is 24.2 Å². The molecule has 0 radical (unpaired) electrons. The molecule has 2 heterocycles. The SMILES string of the molecule is COc1ccc([C@@H]2CCCN2C(=O)[C@H]2CC(=O)N(c3cc(Cl)c(OC)cc3OC)C2)cc1. The van der Waals surface area contributed by atoms with Crippen LogP contribution < -0.4 is 19.1 Å². The highest BCUT2D eigenvalue weighted by molar-refractivity contribution is 6.32. The van der Waals surface area contributed by atoms with Gasteiger partial charge in [0.1, 0.15) is 17.2 Å². The van der Waals surface area contributed by atoms with E-state index in [-0.39, 0.29) is 24.3 Å². The van der Waals surface area contributed by atoms with Crippen molar-refractivity contribution in [2.45, 2.75) is 25.3 Å². The van der Waals surface area contributed by atoms with Crippen molar-refractivity contribution < 1.29 is 23.8 Å². The largest absolute Gasteiger partial charge is 0.497 e. The lowest BCUT2D eigenvalue weighted by Gasteiger charge is -2.28. The summed E-state index contributed by atoms with van der Waals surface area (Å²) in [5.41, 5.74) is 1.63. The topological polar surface area (TPSA) is 68.3 Å². The number of benzene rings is 2. The van der Waals surface area contributed by atoms with Crippen molar-refractivity contribution in [2.24, 2.45) is 5.92 Å². The number of carbonyl (C=O) groups is 2. The Hall–Kier alpha value is -2.93. The first-order valence-corrected chi connectivity index (χ1v) is 11.0. The third kappa shape index (κ3) is 4.09. The molecular weight excluding hydrogens is 432 g/mol. The Morgan fingerprint density at radius 3 is 2.41 bits per heavy atom. The first-order chi connectivity index (χ1) is 15.5. The van der Waals surface area contributed by atoms with Gasteiger partial charge in [-0.1, -0.05) is 23.7 Å². The second kappa shape index (κ2) is 9.28. The molecule has 0 bridgehead atoms. The molecule has 8 heteroatoms. The molecule has 2 aliphatic heterocycles. The summed E-state index contributed by atoms with van der Waals surface area (Å²) in [6.45, 7) is 0.987. The summed E-state index contributed by atoms with van der Waals surface area (Å²) in [5.74, 6) is 1.21. The van der Waals surface area contributed by atoms with Gasteiger partial charge < -0.3 is 24.0 Å². The first-order valence-electron chi connectivity index (χ1n) is 10.6. The van der Waals surface area contributed by atoms with Crippen molar-refractivity contribution in [1.29, 1.82) is 0 Å². The van der Waals surface area contributed by atoms with E-state index in [1.807, 2.05) is 29.2 Å². The Morgan fingerprint density at radius 2 is 1.75 bits per heavy atom. The average molecular weight is 459 g/mol. The monoisotopic (exact) mass is 458 g/mol. The molecule has 0 saturated carbocycles. The van der Waals surface area contributed by atoms with Gasteiger partial charge in [-0.25, -0.2) is 0 Å². The number of hydrogen-bond donors (Lipinski definition) is 0. The maximum atomic E-state index is 13.4. The summed E-state index contributed by atoms with van der Waals surface area (Å²) in [5, 5.41) is 0.380.